The van der Waals surface area contributed by atoms with Gasteiger partial charge < -0.3 is 10.5 Å². The zero-order valence-corrected chi connectivity index (χ0v) is 14.1. The third kappa shape index (κ3) is 3.86. The van der Waals surface area contributed by atoms with Crippen LogP contribution in [-0.4, -0.2) is 28.0 Å². The lowest BCUT2D eigenvalue weighted by Crippen LogP contribution is -2.54. The van der Waals surface area contributed by atoms with E-state index in [4.69, 9.17) is 10.5 Å². The van der Waals surface area contributed by atoms with E-state index in [1.54, 1.807) is 0 Å². The van der Waals surface area contributed by atoms with Gasteiger partial charge in [0.05, 0.1) is 11.8 Å². The Balaban J connectivity index is 2.06. The molecule has 0 aliphatic heterocycles. The number of hydrogen-bond donors (Lipinski definition) is 1. The van der Waals surface area contributed by atoms with E-state index >= 15 is 0 Å². The summed E-state index contributed by atoms with van der Waals surface area (Å²) in [5, 5.41) is 4.34. The van der Waals surface area contributed by atoms with Crippen molar-refractivity contribution in [3.63, 3.8) is 0 Å². The Morgan fingerprint density at radius 3 is 2.48 bits per heavy atom. The van der Waals surface area contributed by atoms with Gasteiger partial charge in [0.15, 0.2) is 0 Å². The molecule has 0 radical (unpaired) electrons. The van der Waals surface area contributed by atoms with Crippen LogP contribution in [0, 0.1) is 5.41 Å². The summed E-state index contributed by atoms with van der Waals surface area (Å²) >= 11 is 0. The molecule has 0 aromatic carbocycles. The molecule has 0 amide bonds. The molecule has 1 fully saturated rings. The highest BCUT2D eigenvalue weighted by Gasteiger charge is 2.43. The Morgan fingerprint density at radius 1 is 1.29 bits per heavy atom. The zero-order valence-electron chi connectivity index (χ0n) is 14.1. The van der Waals surface area contributed by atoms with E-state index in [2.05, 4.69) is 39.0 Å². The van der Waals surface area contributed by atoms with Gasteiger partial charge in [0.25, 0.3) is 0 Å². The molecule has 120 valence electrons. The van der Waals surface area contributed by atoms with E-state index in [1.807, 2.05) is 10.9 Å². The van der Waals surface area contributed by atoms with Crippen LogP contribution in [0.4, 0.5) is 0 Å². The van der Waals surface area contributed by atoms with Crippen LogP contribution in [0.1, 0.15) is 58.9 Å². The predicted molar refractivity (Wildman–Crippen MR) is 86.2 cm³/mol. The van der Waals surface area contributed by atoms with E-state index in [1.165, 1.54) is 18.4 Å². The summed E-state index contributed by atoms with van der Waals surface area (Å²) in [5.41, 5.74) is 8.06. The topological polar surface area (TPSA) is 53.1 Å². The van der Waals surface area contributed by atoms with Crippen molar-refractivity contribution < 1.29 is 4.74 Å². The minimum absolute atomic E-state index is 0.0445. The summed E-state index contributed by atoms with van der Waals surface area (Å²) in [7, 11) is 0. The normalized spacial score (nSPS) is 22.1. The van der Waals surface area contributed by atoms with Gasteiger partial charge in [-0.15, -0.1) is 0 Å². The van der Waals surface area contributed by atoms with Crippen molar-refractivity contribution in [1.29, 1.82) is 0 Å². The molecule has 4 nitrogen and oxygen atoms in total. The first kappa shape index (κ1) is 16.5. The first-order chi connectivity index (χ1) is 9.91. The van der Waals surface area contributed by atoms with Crippen molar-refractivity contribution in [3.8, 4) is 0 Å². The summed E-state index contributed by atoms with van der Waals surface area (Å²) in [6.07, 6.45) is 9.40. The number of rotatable bonds is 6. The molecular formula is C17H31N3O. The fourth-order valence-corrected chi connectivity index (χ4v) is 3.38. The monoisotopic (exact) mass is 293 g/mol. The van der Waals surface area contributed by atoms with Crippen LogP contribution in [0.2, 0.25) is 0 Å². The second-order valence-corrected chi connectivity index (χ2v) is 7.18. The Bertz CT molecular complexity index is 443. The Labute approximate surface area is 129 Å². The number of nitrogens with zero attached hydrogens (tertiary/aromatic N) is 2. The Kier molecular flexibility index (Phi) is 5.10. The van der Waals surface area contributed by atoms with Crippen molar-refractivity contribution in [2.45, 2.75) is 78.0 Å². The van der Waals surface area contributed by atoms with Crippen molar-refractivity contribution >= 4 is 0 Å². The van der Waals surface area contributed by atoms with Crippen LogP contribution in [0.3, 0.4) is 0 Å². The van der Waals surface area contributed by atoms with Crippen LogP contribution < -0.4 is 5.73 Å². The molecule has 1 aliphatic carbocycles. The van der Waals surface area contributed by atoms with E-state index in [0.29, 0.717) is 5.41 Å². The number of aryl methyl sites for hydroxylation is 1. The maximum atomic E-state index is 6.58. The molecule has 4 heteroatoms. The molecule has 1 saturated carbocycles. The predicted octanol–water partition coefficient (Wildman–Crippen LogP) is 3.15. The van der Waals surface area contributed by atoms with Gasteiger partial charge >= 0.3 is 0 Å². The summed E-state index contributed by atoms with van der Waals surface area (Å²) in [6, 6.07) is 0.0445. The number of ether oxygens (including phenoxy) is 1. The summed E-state index contributed by atoms with van der Waals surface area (Å²) in [5.74, 6) is 0. The lowest BCUT2D eigenvalue weighted by Gasteiger charge is -2.46. The maximum Gasteiger partial charge on any atom is 0.0836 e. The molecule has 1 aromatic rings. The molecule has 1 unspecified atom stereocenters. The Hall–Kier alpha value is -0.870. The van der Waals surface area contributed by atoms with E-state index in [0.717, 1.165) is 32.4 Å². The first-order valence-electron chi connectivity index (χ1n) is 8.32. The summed E-state index contributed by atoms with van der Waals surface area (Å²) < 4.78 is 8.14. The van der Waals surface area contributed by atoms with Gasteiger partial charge in [-0.05, 0) is 56.9 Å². The molecule has 1 aromatic heterocycles. The molecule has 0 bridgehead atoms. The first-order valence-corrected chi connectivity index (χ1v) is 8.32. The minimum atomic E-state index is -0.154. The molecule has 2 rings (SSSR count). The quantitative estimate of drug-likeness (QED) is 0.876. The van der Waals surface area contributed by atoms with Gasteiger partial charge in [-0.1, -0.05) is 13.8 Å². The second-order valence-electron chi connectivity index (χ2n) is 7.18. The van der Waals surface area contributed by atoms with Crippen molar-refractivity contribution in [2.75, 3.05) is 6.61 Å². The lowest BCUT2D eigenvalue weighted by atomic mass is 9.68. The van der Waals surface area contributed by atoms with Gasteiger partial charge in [-0.25, -0.2) is 0 Å². The van der Waals surface area contributed by atoms with Gasteiger partial charge in [0.2, 0.25) is 0 Å². The fraction of sp³-hybridized carbons (Fsp3) is 0.824. The van der Waals surface area contributed by atoms with Crippen LogP contribution >= 0.6 is 0 Å². The molecule has 1 aliphatic rings. The standard InChI is InChI=1S/C17H31N3O/c1-5-20-13-14(12-19-20)11-15(18)17(21-6-2)9-7-16(3,4)8-10-17/h12-13,15H,5-11,18H2,1-4H3. The lowest BCUT2D eigenvalue weighted by molar-refractivity contribution is -0.0987. The largest absolute Gasteiger partial charge is 0.374 e. The number of hydrogen-bond acceptors (Lipinski definition) is 3. The molecule has 1 atom stereocenters. The van der Waals surface area contributed by atoms with Crippen LogP contribution in [0.5, 0.6) is 0 Å². The average molecular weight is 293 g/mol. The summed E-state index contributed by atoms with van der Waals surface area (Å²) in [6.45, 7) is 10.5. The average Bonchev–Trinajstić information content (AvgIpc) is 2.89. The zero-order chi connectivity index (χ0) is 15.5. The molecule has 0 spiro atoms. The van der Waals surface area contributed by atoms with Crippen LogP contribution in [-0.2, 0) is 17.7 Å². The highest BCUT2D eigenvalue weighted by atomic mass is 16.5. The van der Waals surface area contributed by atoms with Crippen LogP contribution in [0.25, 0.3) is 0 Å². The minimum Gasteiger partial charge on any atom is -0.374 e. The molecule has 21 heavy (non-hydrogen) atoms. The van der Waals surface area contributed by atoms with Gasteiger partial charge in [0, 0.05) is 25.4 Å². The molecular weight excluding hydrogens is 262 g/mol. The second kappa shape index (κ2) is 6.49. The molecule has 0 saturated heterocycles. The molecule has 1 heterocycles. The Morgan fingerprint density at radius 2 is 1.95 bits per heavy atom. The highest BCUT2D eigenvalue weighted by molar-refractivity contribution is 5.10. The summed E-state index contributed by atoms with van der Waals surface area (Å²) in [4.78, 5) is 0. The highest BCUT2D eigenvalue weighted by Crippen LogP contribution is 2.43. The van der Waals surface area contributed by atoms with Gasteiger partial charge in [-0.2, -0.15) is 5.10 Å². The van der Waals surface area contributed by atoms with E-state index < -0.39 is 0 Å². The van der Waals surface area contributed by atoms with E-state index in [9.17, 15) is 0 Å². The van der Waals surface area contributed by atoms with E-state index in [-0.39, 0.29) is 11.6 Å². The van der Waals surface area contributed by atoms with Gasteiger partial charge in [0.1, 0.15) is 0 Å². The third-order valence-electron chi connectivity index (χ3n) is 5.02. The fourth-order valence-electron chi connectivity index (χ4n) is 3.38. The number of aromatic nitrogens is 2. The van der Waals surface area contributed by atoms with Crippen molar-refractivity contribution in [3.05, 3.63) is 18.0 Å². The maximum absolute atomic E-state index is 6.58. The van der Waals surface area contributed by atoms with Crippen LogP contribution in [0.15, 0.2) is 12.4 Å². The number of nitrogens with two attached hydrogens (primary N) is 1. The van der Waals surface area contributed by atoms with Crippen molar-refractivity contribution in [2.24, 2.45) is 11.1 Å². The third-order valence-corrected chi connectivity index (χ3v) is 5.02. The van der Waals surface area contributed by atoms with Gasteiger partial charge in [-0.3, -0.25) is 4.68 Å². The smallest absolute Gasteiger partial charge is 0.0836 e. The van der Waals surface area contributed by atoms with Crippen molar-refractivity contribution in [1.82, 2.24) is 9.78 Å². The molecule has 2 N–H and O–H groups in total. The SMILES string of the molecule is CCOC1(C(N)Cc2cnn(CC)c2)CCC(C)(C)CC1.